The minimum atomic E-state index is -0.308. The normalized spacial score (nSPS) is 14.2. The predicted molar refractivity (Wildman–Crippen MR) is 104 cm³/mol. The van der Waals surface area contributed by atoms with Crippen molar-refractivity contribution in [2.45, 2.75) is 49.1 Å². The number of hydrogen-bond donors (Lipinski definition) is 2. The summed E-state index contributed by atoms with van der Waals surface area (Å²) in [5.74, 6) is 1.40. The minimum Gasteiger partial charge on any atom is -0.325 e. The lowest BCUT2D eigenvalue weighted by Crippen LogP contribution is -2.25. The molecular formula is C18H21N3O2S2. The van der Waals surface area contributed by atoms with E-state index in [9.17, 15) is 9.59 Å². The average molecular weight is 376 g/mol. The number of rotatable bonds is 5. The van der Waals surface area contributed by atoms with Crippen molar-refractivity contribution >= 4 is 35.1 Å². The molecule has 0 saturated carbocycles. The van der Waals surface area contributed by atoms with Gasteiger partial charge in [0.1, 0.15) is 0 Å². The molecule has 1 aromatic carbocycles. The monoisotopic (exact) mass is 375 g/mol. The molecule has 2 aromatic rings. The zero-order chi connectivity index (χ0) is 18.0. The molecule has 7 heteroatoms. The number of thioether (sulfide) groups is 2. The summed E-state index contributed by atoms with van der Waals surface area (Å²) in [7, 11) is 0. The summed E-state index contributed by atoms with van der Waals surface area (Å²) in [5.41, 5.74) is 4.65. The first-order chi connectivity index (χ1) is 12.0. The van der Waals surface area contributed by atoms with Gasteiger partial charge >= 0.3 is 0 Å². The number of nitrogens with zero attached hydrogens (tertiary/aromatic N) is 1. The molecule has 0 radical (unpaired) electrons. The van der Waals surface area contributed by atoms with Crippen molar-refractivity contribution in [3.63, 3.8) is 0 Å². The predicted octanol–water partition coefficient (Wildman–Crippen LogP) is 3.64. The highest BCUT2D eigenvalue weighted by Crippen LogP contribution is 2.29. The molecule has 0 fully saturated rings. The van der Waals surface area contributed by atoms with Crippen molar-refractivity contribution in [1.29, 1.82) is 0 Å². The molecule has 2 heterocycles. The second-order valence-corrected chi connectivity index (χ2v) is 8.27. The van der Waals surface area contributed by atoms with Gasteiger partial charge in [-0.15, -0.1) is 0 Å². The number of carbonyl (C=O) groups is 1. The van der Waals surface area contributed by atoms with Crippen LogP contribution in [-0.4, -0.2) is 21.1 Å². The molecule has 3 rings (SSSR count). The Labute approximate surface area is 155 Å². The summed E-state index contributed by atoms with van der Waals surface area (Å²) < 4.78 is 0. The number of amides is 1. The fourth-order valence-corrected chi connectivity index (χ4v) is 4.55. The lowest BCUT2D eigenvalue weighted by molar-refractivity contribution is -0.115. The molecular weight excluding hydrogens is 354 g/mol. The number of nitrogens with one attached hydrogen (secondary N) is 2. The lowest BCUT2D eigenvalue weighted by atomic mass is 10.1. The highest BCUT2D eigenvalue weighted by molar-refractivity contribution is 8.00. The number of aromatic nitrogens is 2. The SMILES string of the molecule is CCC(Sc1nc2c(c(=O)[nH]1)CSC2)C(=O)Nc1ccc(C)c(C)c1. The van der Waals surface area contributed by atoms with Crippen LogP contribution in [-0.2, 0) is 16.3 Å². The fraction of sp³-hybridized carbons (Fsp3) is 0.389. The van der Waals surface area contributed by atoms with Crippen molar-refractivity contribution in [2.24, 2.45) is 0 Å². The molecule has 1 aliphatic heterocycles. The fourth-order valence-electron chi connectivity index (χ4n) is 2.59. The average Bonchev–Trinajstić information content (AvgIpc) is 3.05. The molecule has 1 aliphatic rings. The Morgan fingerprint density at radius 1 is 1.36 bits per heavy atom. The Hall–Kier alpha value is -1.73. The van der Waals surface area contributed by atoms with Crippen LogP contribution in [0, 0.1) is 13.8 Å². The first-order valence-electron chi connectivity index (χ1n) is 8.22. The largest absolute Gasteiger partial charge is 0.325 e. The zero-order valence-corrected chi connectivity index (χ0v) is 16.1. The van der Waals surface area contributed by atoms with E-state index in [1.807, 2.05) is 39.0 Å². The third-order valence-corrected chi connectivity index (χ3v) is 6.48. The Morgan fingerprint density at radius 3 is 2.88 bits per heavy atom. The van der Waals surface area contributed by atoms with Crippen LogP contribution in [0.2, 0.25) is 0 Å². The number of hydrogen-bond acceptors (Lipinski definition) is 5. The molecule has 2 N–H and O–H groups in total. The van der Waals surface area contributed by atoms with Gasteiger partial charge in [-0.2, -0.15) is 11.8 Å². The molecule has 1 unspecified atom stereocenters. The molecule has 0 bridgehead atoms. The molecule has 0 aliphatic carbocycles. The molecule has 0 saturated heterocycles. The number of benzene rings is 1. The third kappa shape index (κ3) is 4.10. The van der Waals surface area contributed by atoms with Crippen LogP contribution in [0.15, 0.2) is 28.2 Å². The standard InChI is InChI=1S/C18H21N3O2S2/c1-4-15(17(23)19-12-6-5-10(2)11(3)7-12)25-18-20-14-9-24-8-13(14)16(22)21-18/h5-7,15H,4,8-9H2,1-3H3,(H,19,23)(H,20,21,22). The van der Waals surface area contributed by atoms with E-state index in [0.29, 0.717) is 17.3 Å². The Balaban J connectivity index is 1.73. The van der Waals surface area contributed by atoms with Gasteiger partial charge in [0.2, 0.25) is 5.91 Å². The van der Waals surface area contributed by atoms with Gasteiger partial charge in [-0.05, 0) is 43.5 Å². The van der Waals surface area contributed by atoms with E-state index in [2.05, 4.69) is 15.3 Å². The minimum absolute atomic E-state index is 0.0757. The second-order valence-electron chi connectivity index (χ2n) is 6.09. The molecule has 1 amide bonds. The van der Waals surface area contributed by atoms with Gasteiger partial charge in [-0.1, -0.05) is 24.8 Å². The summed E-state index contributed by atoms with van der Waals surface area (Å²) in [6, 6.07) is 5.87. The van der Waals surface area contributed by atoms with Gasteiger partial charge in [-0.25, -0.2) is 4.98 Å². The van der Waals surface area contributed by atoms with Crippen molar-refractivity contribution in [1.82, 2.24) is 9.97 Å². The van der Waals surface area contributed by atoms with Crippen LogP contribution in [0.25, 0.3) is 0 Å². The number of aromatic amines is 1. The van der Waals surface area contributed by atoms with Gasteiger partial charge in [-0.3, -0.25) is 9.59 Å². The lowest BCUT2D eigenvalue weighted by Gasteiger charge is -2.15. The Morgan fingerprint density at radius 2 is 2.16 bits per heavy atom. The molecule has 25 heavy (non-hydrogen) atoms. The molecule has 0 spiro atoms. The van der Waals surface area contributed by atoms with E-state index in [4.69, 9.17) is 0 Å². The van der Waals surface area contributed by atoms with Crippen LogP contribution >= 0.6 is 23.5 Å². The Bertz CT molecular complexity index is 864. The topological polar surface area (TPSA) is 74.8 Å². The van der Waals surface area contributed by atoms with Crippen LogP contribution in [0.3, 0.4) is 0 Å². The van der Waals surface area contributed by atoms with Crippen LogP contribution < -0.4 is 10.9 Å². The second kappa shape index (κ2) is 7.66. The Kier molecular flexibility index (Phi) is 5.54. The summed E-state index contributed by atoms with van der Waals surface area (Å²) in [6.07, 6.45) is 0.650. The first kappa shape index (κ1) is 18.1. The van der Waals surface area contributed by atoms with Crippen molar-refractivity contribution in [2.75, 3.05) is 5.32 Å². The number of anilines is 1. The van der Waals surface area contributed by atoms with Crippen molar-refractivity contribution in [3.8, 4) is 0 Å². The number of carbonyl (C=O) groups excluding carboxylic acids is 1. The van der Waals surface area contributed by atoms with Crippen molar-refractivity contribution in [3.05, 3.63) is 50.9 Å². The van der Waals surface area contributed by atoms with E-state index >= 15 is 0 Å². The maximum Gasteiger partial charge on any atom is 0.255 e. The molecule has 1 aromatic heterocycles. The van der Waals surface area contributed by atoms with Crippen LogP contribution in [0.1, 0.15) is 35.7 Å². The van der Waals surface area contributed by atoms with Crippen LogP contribution in [0.5, 0.6) is 0 Å². The van der Waals surface area contributed by atoms with Gasteiger partial charge in [0.25, 0.3) is 5.56 Å². The van der Waals surface area contributed by atoms with E-state index in [-0.39, 0.29) is 16.7 Å². The third-order valence-electron chi connectivity index (χ3n) is 4.26. The molecule has 1 atom stereocenters. The summed E-state index contributed by atoms with van der Waals surface area (Å²) in [6.45, 7) is 6.02. The summed E-state index contributed by atoms with van der Waals surface area (Å²) in [5, 5.41) is 3.18. The first-order valence-corrected chi connectivity index (χ1v) is 10.3. The molecule has 132 valence electrons. The van der Waals surface area contributed by atoms with Gasteiger partial charge in [0.15, 0.2) is 5.16 Å². The maximum atomic E-state index is 12.6. The van der Waals surface area contributed by atoms with E-state index < -0.39 is 0 Å². The van der Waals surface area contributed by atoms with Gasteiger partial charge < -0.3 is 10.3 Å². The number of H-pyrrole nitrogens is 1. The van der Waals surface area contributed by atoms with Gasteiger partial charge in [0, 0.05) is 22.8 Å². The maximum absolute atomic E-state index is 12.6. The quantitative estimate of drug-likeness (QED) is 0.616. The van der Waals surface area contributed by atoms with E-state index in [1.165, 1.54) is 17.3 Å². The van der Waals surface area contributed by atoms with Crippen LogP contribution in [0.4, 0.5) is 5.69 Å². The summed E-state index contributed by atoms with van der Waals surface area (Å²) >= 11 is 3.01. The van der Waals surface area contributed by atoms with Crippen molar-refractivity contribution < 1.29 is 4.79 Å². The highest BCUT2D eigenvalue weighted by Gasteiger charge is 2.22. The van der Waals surface area contributed by atoms with E-state index in [1.54, 1.807) is 11.8 Å². The smallest absolute Gasteiger partial charge is 0.255 e. The zero-order valence-electron chi connectivity index (χ0n) is 14.5. The number of fused-ring (bicyclic) bond motifs is 1. The highest BCUT2D eigenvalue weighted by atomic mass is 32.2. The summed E-state index contributed by atoms with van der Waals surface area (Å²) in [4.78, 5) is 32.1. The number of aryl methyl sites for hydroxylation is 2. The van der Waals surface area contributed by atoms with Gasteiger partial charge in [0.05, 0.1) is 10.9 Å². The molecule has 5 nitrogen and oxygen atoms in total. The van der Waals surface area contributed by atoms with E-state index in [0.717, 1.165) is 28.3 Å².